The Hall–Kier alpha value is -2.26. The maximum Gasteiger partial charge on any atom is 0.335 e. The van der Waals surface area contributed by atoms with Crippen LogP contribution in [0.5, 0.6) is 0 Å². The minimum Gasteiger partial charge on any atom is -0.478 e. The summed E-state index contributed by atoms with van der Waals surface area (Å²) in [5.74, 6) is -0.950. The van der Waals surface area contributed by atoms with E-state index in [1.165, 1.54) is 4.31 Å². The molecule has 0 saturated carbocycles. The molecule has 0 amide bonds. The first-order chi connectivity index (χ1) is 13.0. The Bertz CT molecular complexity index is 891. The molecule has 7 nitrogen and oxygen atoms in total. The Morgan fingerprint density at radius 1 is 1.04 bits per heavy atom. The van der Waals surface area contributed by atoms with Crippen LogP contribution in [-0.2, 0) is 27.8 Å². The highest BCUT2D eigenvalue weighted by Crippen LogP contribution is 2.17. The van der Waals surface area contributed by atoms with Gasteiger partial charge in [-0.3, -0.25) is 0 Å². The van der Waals surface area contributed by atoms with Crippen molar-refractivity contribution in [1.29, 1.82) is 0 Å². The Balaban J connectivity index is 1.58. The summed E-state index contributed by atoms with van der Waals surface area (Å²) in [6.45, 7) is 2.67. The average Bonchev–Trinajstić information content (AvgIpc) is 2.69. The van der Waals surface area contributed by atoms with E-state index in [2.05, 4.69) is 5.32 Å². The van der Waals surface area contributed by atoms with Gasteiger partial charge in [0.1, 0.15) is 0 Å². The Kier molecular flexibility index (Phi) is 6.22. The van der Waals surface area contributed by atoms with Crippen LogP contribution in [0.15, 0.2) is 53.4 Å². The van der Waals surface area contributed by atoms with Crippen molar-refractivity contribution in [2.75, 3.05) is 26.3 Å². The number of morpholine rings is 1. The molecule has 0 spiro atoms. The smallest absolute Gasteiger partial charge is 0.335 e. The lowest BCUT2D eigenvalue weighted by molar-refractivity contribution is 0.0696. The lowest BCUT2D eigenvalue weighted by Crippen LogP contribution is -2.40. The quantitative estimate of drug-likeness (QED) is 0.747. The second kappa shape index (κ2) is 8.62. The van der Waals surface area contributed by atoms with Gasteiger partial charge in [0.15, 0.2) is 0 Å². The molecule has 2 aromatic rings. The zero-order valence-corrected chi connectivity index (χ0v) is 15.6. The van der Waals surface area contributed by atoms with Crippen molar-refractivity contribution in [3.8, 4) is 0 Å². The third-order valence-corrected chi connectivity index (χ3v) is 6.28. The van der Waals surface area contributed by atoms with Crippen LogP contribution in [0.25, 0.3) is 0 Å². The zero-order valence-electron chi connectivity index (χ0n) is 14.8. The minimum atomic E-state index is -3.48. The summed E-state index contributed by atoms with van der Waals surface area (Å²) in [5.41, 5.74) is 2.08. The summed E-state index contributed by atoms with van der Waals surface area (Å²) in [6, 6.07) is 13.6. The van der Waals surface area contributed by atoms with E-state index in [0.29, 0.717) is 39.4 Å². The van der Waals surface area contributed by atoms with Crippen molar-refractivity contribution >= 4 is 16.0 Å². The Labute approximate surface area is 158 Å². The first-order valence-corrected chi connectivity index (χ1v) is 10.1. The lowest BCUT2D eigenvalue weighted by atomic mass is 10.1. The number of carbonyl (C=O) groups is 1. The van der Waals surface area contributed by atoms with Gasteiger partial charge in [-0.25, -0.2) is 13.2 Å². The van der Waals surface area contributed by atoms with Crippen LogP contribution in [-0.4, -0.2) is 50.1 Å². The highest BCUT2D eigenvalue weighted by Gasteiger charge is 2.25. The molecule has 1 saturated heterocycles. The highest BCUT2D eigenvalue weighted by molar-refractivity contribution is 7.89. The van der Waals surface area contributed by atoms with Crippen LogP contribution in [0, 0.1) is 0 Å². The molecule has 27 heavy (non-hydrogen) atoms. The first-order valence-electron chi connectivity index (χ1n) is 8.66. The number of aromatic carboxylic acids is 1. The maximum atomic E-state index is 12.6. The zero-order chi connectivity index (χ0) is 19.3. The predicted octanol–water partition coefficient (Wildman–Crippen LogP) is 1.70. The molecule has 1 aliphatic heterocycles. The summed E-state index contributed by atoms with van der Waals surface area (Å²) in [7, 11) is -3.48. The minimum absolute atomic E-state index is 0.256. The molecule has 1 fully saturated rings. The number of hydrogen-bond acceptors (Lipinski definition) is 5. The molecule has 0 unspecified atom stereocenters. The molecule has 2 aromatic carbocycles. The van der Waals surface area contributed by atoms with E-state index in [0.717, 1.165) is 11.1 Å². The molecular weight excluding hydrogens is 368 g/mol. The van der Waals surface area contributed by atoms with Crippen molar-refractivity contribution < 1.29 is 23.1 Å². The fourth-order valence-electron chi connectivity index (χ4n) is 2.88. The molecule has 0 radical (unpaired) electrons. The summed E-state index contributed by atoms with van der Waals surface area (Å²) in [4.78, 5) is 11.3. The van der Waals surface area contributed by atoms with E-state index in [9.17, 15) is 13.2 Å². The summed E-state index contributed by atoms with van der Waals surface area (Å²) < 4.78 is 31.8. The van der Waals surface area contributed by atoms with Crippen LogP contribution in [0.1, 0.15) is 21.5 Å². The first kappa shape index (κ1) is 19.5. The van der Waals surface area contributed by atoms with E-state index in [4.69, 9.17) is 9.84 Å². The predicted molar refractivity (Wildman–Crippen MR) is 100.0 cm³/mol. The van der Waals surface area contributed by atoms with Gasteiger partial charge in [-0.2, -0.15) is 4.31 Å². The van der Waals surface area contributed by atoms with Crippen LogP contribution in [0.2, 0.25) is 0 Å². The Morgan fingerprint density at radius 2 is 1.70 bits per heavy atom. The van der Waals surface area contributed by atoms with Gasteiger partial charge in [-0.1, -0.05) is 24.3 Å². The van der Waals surface area contributed by atoms with Gasteiger partial charge in [0.05, 0.1) is 23.7 Å². The SMILES string of the molecule is O=C(O)c1cccc(CNCc2ccc(S(=O)(=O)N3CCOCC3)cc2)c1. The lowest BCUT2D eigenvalue weighted by Gasteiger charge is -2.26. The molecule has 2 N–H and O–H groups in total. The fraction of sp³-hybridized carbons (Fsp3) is 0.316. The second-order valence-corrected chi connectivity index (χ2v) is 8.21. The van der Waals surface area contributed by atoms with E-state index < -0.39 is 16.0 Å². The molecule has 3 rings (SSSR count). The number of rotatable bonds is 7. The topological polar surface area (TPSA) is 95.9 Å². The van der Waals surface area contributed by atoms with Crippen LogP contribution in [0.4, 0.5) is 0 Å². The van der Waals surface area contributed by atoms with Gasteiger partial charge in [0, 0.05) is 26.2 Å². The van der Waals surface area contributed by atoms with Gasteiger partial charge < -0.3 is 15.2 Å². The van der Waals surface area contributed by atoms with Gasteiger partial charge in [0.25, 0.3) is 0 Å². The van der Waals surface area contributed by atoms with Gasteiger partial charge >= 0.3 is 5.97 Å². The number of sulfonamides is 1. The summed E-state index contributed by atoms with van der Waals surface area (Å²) in [5, 5.41) is 12.3. The largest absolute Gasteiger partial charge is 0.478 e. The average molecular weight is 390 g/mol. The van der Waals surface area contributed by atoms with E-state index in [1.54, 1.807) is 42.5 Å². The van der Waals surface area contributed by atoms with Crippen molar-refractivity contribution in [3.05, 3.63) is 65.2 Å². The Morgan fingerprint density at radius 3 is 2.37 bits per heavy atom. The third-order valence-electron chi connectivity index (χ3n) is 4.36. The van der Waals surface area contributed by atoms with Crippen molar-refractivity contribution in [3.63, 3.8) is 0 Å². The van der Waals surface area contributed by atoms with Crippen molar-refractivity contribution in [2.24, 2.45) is 0 Å². The highest BCUT2D eigenvalue weighted by atomic mass is 32.2. The molecule has 0 aliphatic carbocycles. The number of nitrogens with one attached hydrogen (secondary N) is 1. The summed E-state index contributed by atoms with van der Waals surface area (Å²) >= 11 is 0. The standard InChI is InChI=1S/C19H22N2O5S/c22-19(23)17-3-1-2-16(12-17)14-20-13-15-4-6-18(7-5-15)27(24,25)21-8-10-26-11-9-21/h1-7,12,20H,8-11,13-14H2,(H,22,23). The molecule has 0 atom stereocenters. The molecule has 8 heteroatoms. The normalized spacial score (nSPS) is 15.6. The van der Waals surface area contributed by atoms with Crippen LogP contribution >= 0.6 is 0 Å². The molecule has 0 bridgehead atoms. The van der Waals surface area contributed by atoms with Gasteiger partial charge in [-0.15, -0.1) is 0 Å². The molecule has 0 aromatic heterocycles. The van der Waals surface area contributed by atoms with Crippen molar-refractivity contribution in [1.82, 2.24) is 9.62 Å². The van der Waals surface area contributed by atoms with Crippen LogP contribution in [0.3, 0.4) is 0 Å². The third kappa shape index (κ3) is 4.92. The second-order valence-electron chi connectivity index (χ2n) is 6.27. The molecule has 1 aliphatic rings. The molecule has 144 valence electrons. The van der Waals surface area contributed by atoms with Gasteiger partial charge in [-0.05, 0) is 35.4 Å². The van der Waals surface area contributed by atoms with E-state index in [-0.39, 0.29) is 10.5 Å². The number of hydrogen-bond donors (Lipinski definition) is 2. The molecule has 1 heterocycles. The summed E-state index contributed by atoms with van der Waals surface area (Å²) in [6.07, 6.45) is 0. The van der Waals surface area contributed by atoms with Crippen molar-refractivity contribution in [2.45, 2.75) is 18.0 Å². The van der Waals surface area contributed by atoms with E-state index in [1.807, 2.05) is 6.07 Å². The number of carboxylic acid groups (broad SMARTS) is 1. The maximum absolute atomic E-state index is 12.6. The number of ether oxygens (including phenoxy) is 1. The van der Waals surface area contributed by atoms with E-state index >= 15 is 0 Å². The number of carboxylic acids is 1. The monoisotopic (exact) mass is 390 g/mol. The fourth-order valence-corrected chi connectivity index (χ4v) is 4.29. The molecular formula is C19H22N2O5S. The number of nitrogens with zero attached hydrogens (tertiary/aromatic N) is 1. The number of benzene rings is 2. The van der Waals surface area contributed by atoms with Crippen LogP contribution < -0.4 is 5.32 Å². The van der Waals surface area contributed by atoms with Gasteiger partial charge in [0.2, 0.25) is 10.0 Å².